The van der Waals surface area contributed by atoms with Gasteiger partial charge in [-0.3, -0.25) is 4.79 Å². The van der Waals surface area contributed by atoms with Crippen LogP contribution in [0.1, 0.15) is 25.3 Å². The van der Waals surface area contributed by atoms with Crippen LogP contribution in [0.25, 0.3) is 0 Å². The normalized spacial score (nSPS) is 11.6. The molecule has 0 heterocycles. The lowest BCUT2D eigenvalue weighted by Gasteiger charge is -2.13. The molecule has 0 fully saturated rings. The molecule has 17 heavy (non-hydrogen) atoms. The fraction of sp³-hybridized carbons (Fsp3) is 0.385. The molecular weight excluding hydrogens is 219 g/mol. The number of hydrogen-bond donors (Lipinski definition) is 1. The average Bonchev–Trinajstić information content (AvgIpc) is 2.31. The van der Waals surface area contributed by atoms with Crippen molar-refractivity contribution in [3.8, 4) is 6.07 Å². The van der Waals surface area contributed by atoms with Gasteiger partial charge in [0.25, 0.3) is 0 Å². The molecule has 0 aromatic heterocycles. The SMILES string of the molecule is CCC(CC#N)NC(=O)Cc1ccc(F)cc1. The van der Waals surface area contributed by atoms with Crippen LogP contribution in [0.5, 0.6) is 0 Å². The number of carbonyl (C=O) groups excluding carboxylic acids is 1. The van der Waals surface area contributed by atoms with E-state index in [9.17, 15) is 9.18 Å². The summed E-state index contributed by atoms with van der Waals surface area (Å²) in [6, 6.07) is 7.75. The van der Waals surface area contributed by atoms with Crippen molar-refractivity contribution in [3.63, 3.8) is 0 Å². The highest BCUT2D eigenvalue weighted by molar-refractivity contribution is 5.78. The van der Waals surface area contributed by atoms with Gasteiger partial charge < -0.3 is 5.32 Å². The van der Waals surface area contributed by atoms with Crippen LogP contribution >= 0.6 is 0 Å². The largest absolute Gasteiger partial charge is 0.352 e. The Labute approximate surface area is 100 Å². The number of halogens is 1. The molecule has 1 aromatic carbocycles. The predicted molar refractivity (Wildman–Crippen MR) is 62.6 cm³/mol. The maximum absolute atomic E-state index is 12.7. The van der Waals surface area contributed by atoms with Crippen LogP contribution < -0.4 is 5.32 Å². The summed E-state index contributed by atoms with van der Waals surface area (Å²) in [6.45, 7) is 1.92. The number of carbonyl (C=O) groups is 1. The standard InChI is InChI=1S/C13H15FN2O/c1-2-12(7-8-15)16-13(17)9-10-3-5-11(14)6-4-10/h3-6,12H,2,7,9H2,1H3,(H,16,17). The quantitative estimate of drug-likeness (QED) is 0.848. The highest BCUT2D eigenvalue weighted by Crippen LogP contribution is 2.04. The molecule has 1 unspecified atom stereocenters. The van der Waals surface area contributed by atoms with Gasteiger partial charge in [0.1, 0.15) is 5.82 Å². The molecule has 0 saturated carbocycles. The zero-order valence-corrected chi connectivity index (χ0v) is 9.74. The molecule has 1 amide bonds. The van der Waals surface area contributed by atoms with Crippen molar-refractivity contribution in [1.82, 2.24) is 5.32 Å². The number of nitriles is 1. The highest BCUT2D eigenvalue weighted by atomic mass is 19.1. The number of rotatable bonds is 5. The number of nitrogens with one attached hydrogen (secondary N) is 1. The molecule has 1 aromatic rings. The molecule has 1 atom stereocenters. The summed E-state index contributed by atoms with van der Waals surface area (Å²) in [5, 5.41) is 11.3. The fourth-order valence-electron chi connectivity index (χ4n) is 1.47. The second-order valence-electron chi connectivity index (χ2n) is 3.84. The number of nitrogens with zero attached hydrogens (tertiary/aromatic N) is 1. The number of hydrogen-bond acceptors (Lipinski definition) is 2. The maximum atomic E-state index is 12.7. The van der Waals surface area contributed by atoms with E-state index in [-0.39, 0.29) is 24.2 Å². The lowest BCUT2D eigenvalue weighted by atomic mass is 10.1. The van der Waals surface area contributed by atoms with E-state index in [1.54, 1.807) is 12.1 Å². The minimum Gasteiger partial charge on any atom is -0.352 e. The molecule has 90 valence electrons. The second kappa shape index (κ2) is 6.64. The molecule has 3 nitrogen and oxygen atoms in total. The zero-order valence-electron chi connectivity index (χ0n) is 9.74. The van der Waals surface area contributed by atoms with Crippen LogP contribution in [0.2, 0.25) is 0 Å². The monoisotopic (exact) mass is 234 g/mol. The van der Waals surface area contributed by atoms with Crippen molar-refractivity contribution in [2.45, 2.75) is 32.2 Å². The van der Waals surface area contributed by atoms with Gasteiger partial charge in [0.15, 0.2) is 0 Å². The predicted octanol–water partition coefficient (Wildman–Crippen LogP) is 2.18. The van der Waals surface area contributed by atoms with E-state index in [1.807, 2.05) is 13.0 Å². The molecule has 0 aliphatic carbocycles. The van der Waals surface area contributed by atoms with E-state index in [1.165, 1.54) is 12.1 Å². The lowest BCUT2D eigenvalue weighted by Crippen LogP contribution is -2.35. The molecular formula is C13H15FN2O. The first-order chi connectivity index (χ1) is 8.15. The number of benzene rings is 1. The summed E-state index contributed by atoms with van der Waals surface area (Å²) in [6.07, 6.45) is 1.25. The van der Waals surface area contributed by atoms with Crippen LogP contribution in [0.3, 0.4) is 0 Å². The summed E-state index contributed by atoms with van der Waals surface area (Å²) >= 11 is 0. The first-order valence-electron chi connectivity index (χ1n) is 5.56. The van der Waals surface area contributed by atoms with Gasteiger partial charge in [-0.15, -0.1) is 0 Å². The Morgan fingerprint density at radius 1 is 1.47 bits per heavy atom. The molecule has 0 saturated heterocycles. The molecule has 0 radical (unpaired) electrons. The van der Waals surface area contributed by atoms with Gasteiger partial charge in [-0.25, -0.2) is 4.39 Å². The van der Waals surface area contributed by atoms with Gasteiger partial charge in [-0.05, 0) is 24.1 Å². The van der Waals surface area contributed by atoms with E-state index in [0.29, 0.717) is 6.42 Å². The lowest BCUT2D eigenvalue weighted by molar-refractivity contribution is -0.121. The third-order valence-electron chi connectivity index (χ3n) is 2.47. The third kappa shape index (κ3) is 4.64. The third-order valence-corrected chi connectivity index (χ3v) is 2.47. The van der Waals surface area contributed by atoms with Crippen LogP contribution in [-0.2, 0) is 11.2 Å². The van der Waals surface area contributed by atoms with Crippen molar-refractivity contribution >= 4 is 5.91 Å². The van der Waals surface area contributed by atoms with E-state index >= 15 is 0 Å². The van der Waals surface area contributed by atoms with Gasteiger partial charge >= 0.3 is 0 Å². The van der Waals surface area contributed by atoms with Crippen LogP contribution in [0.4, 0.5) is 4.39 Å². The molecule has 0 aliphatic rings. The van der Waals surface area contributed by atoms with Crippen molar-refractivity contribution in [2.75, 3.05) is 0 Å². The molecule has 1 rings (SSSR count). The van der Waals surface area contributed by atoms with Crippen molar-refractivity contribution in [3.05, 3.63) is 35.6 Å². The van der Waals surface area contributed by atoms with E-state index in [0.717, 1.165) is 12.0 Å². The summed E-state index contributed by atoms with van der Waals surface area (Å²) in [4.78, 5) is 11.6. The molecule has 0 spiro atoms. The van der Waals surface area contributed by atoms with Gasteiger partial charge in [-0.1, -0.05) is 19.1 Å². The highest BCUT2D eigenvalue weighted by Gasteiger charge is 2.10. The van der Waals surface area contributed by atoms with Crippen molar-refractivity contribution in [2.24, 2.45) is 0 Å². The molecule has 1 N–H and O–H groups in total. The zero-order chi connectivity index (χ0) is 12.7. The minimum absolute atomic E-state index is 0.104. The summed E-state index contributed by atoms with van der Waals surface area (Å²) in [7, 11) is 0. The van der Waals surface area contributed by atoms with Crippen molar-refractivity contribution in [1.29, 1.82) is 5.26 Å². The summed E-state index contributed by atoms with van der Waals surface area (Å²) in [5.41, 5.74) is 0.760. The Morgan fingerprint density at radius 3 is 2.65 bits per heavy atom. The summed E-state index contributed by atoms with van der Waals surface area (Å²) in [5.74, 6) is -0.455. The van der Waals surface area contributed by atoms with Crippen molar-refractivity contribution < 1.29 is 9.18 Å². The Balaban J connectivity index is 2.49. The summed E-state index contributed by atoms with van der Waals surface area (Å²) < 4.78 is 12.7. The maximum Gasteiger partial charge on any atom is 0.224 e. The Hall–Kier alpha value is -1.89. The van der Waals surface area contributed by atoms with Gasteiger partial charge in [0.05, 0.1) is 18.9 Å². The molecule has 0 aliphatic heterocycles. The first-order valence-corrected chi connectivity index (χ1v) is 5.56. The van der Waals surface area contributed by atoms with Gasteiger partial charge in [0.2, 0.25) is 5.91 Å². The van der Waals surface area contributed by atoms with E-state index in [2.05, 4.69) is 5.32 Å². The average molecular weight is 234 g/mol. The van der Waals surface area contributed by atoms with Crippen LogP contribution in [-0.4, -0.2) is 11.9 Å². The first kappa shape index (κ1) is 13.2. The topological polar surface area (TPSA) is 52.9 Å². The second-order valence-corrected chi connectivity index (χ2v) is 3.84. The minimum atomic E-state index is -0.315. The smallest absolute Gasteiger partial charge is 0.224 e. The Morgan fingerprint density at radius 2 is 2.12 bits per heavy atom. The Bertz CT molecular complexity index is 408. The number of amides is 1. The molecule has 4 heteroatoms. The van der Waals surface area contributed by atoms with Crippen LogP contribution in [0, 0.1) is 17.1 Å². The molecule has 0 bridgehead atoms. The van der Waals surface area contributed by atoms with Gasteiger partial charge in [-0.2, -0.15) is 5.26 Å². The van der Waals surface area contributed by atoms with E-state index in [4.69, 9.17) is 5.26 Å². The van der Waals surface area contributed by atoms with Gasteiger partial charge in [0, 0.05) is 6.04 Å². The Kier molecular flexibility index (Phi) is 5.15. The van der Waals surface area contributed by atoms with Crippen LogP contribution in [0.15, 0.2) is 24.3 Å². The fourth-order valence-corrected chi connectivity index (χ4v) is 1.47. The van der Waals surface area contributed by atoms with E-state index < -0.39 is 0 Å².